The lowest BCUT2D eigenvalue weighted by Crippen LogP contribution is -2.38. The minimum Gasteiger partial charge on any atom is -0.481 e. The number of halogens is 3. The number of para-hydroxylation sites is 2. The van der Waals surface area contributed by atoms with Crippen LogP contribution in [0.3, 0.4) is 0 Å². The molecule has 0 bridgehead atoms. The van der Waals surface area contributed by atoms with Crippen LogP contribution in [-0.4, -0.2) is 95.8 Å². The number of alkyl halides is 3. The van der Waals surface area contributed by atoms with Crippen molar-refractivity contribution in [1.82, 2.24) is 0 Å². The molecule has 6 atom stereocenters. The van der Waals surface area contributed by atoms with Crippen molar-refractivity contribution >= 4 is 64.1 Å². The van der Waals surface area contributed by atoms with Gasteiger partial charge in [-0.1, -0.05) is 137 Å². The molecule has 81 heavy (non-hydrogen) atoms. The number of likely N-dealkylation sites (N-methyl/N-ethyl adjacent to an activating group) is 2. The molecule has 0 aromatic heterocycles. The SMILES string of the molecule is C=CC[C@H](C(=O)O)[C@@H](CC(C)C)C(N)=O.C=CC[C@H](C(=O)OC(C)(C)C)[C@@H](CC(C)C)C(N)=O.CC(=O)C(F)(F)F.CC1N=C(c2ccccc2)c2ccccc2N(C)C1=O.CC1N=C(c2ccccc2)c2ccccc2N(C)C1=O. The van der Waals surface area contributed by atoms with Crippen LogP contribution in [0.1, 0.15) is 117 Å². The second-order valence-corrected chi connectivity index (χ2v) is 21.3. The van der Waals surface area contributed by atoms with E-state index in [-0.39, 0.29) is 48.1 Å². The minimum atomic E-state index is -4.64. The van der Waals surface area contributed by atoms with E-state index in [1.807, 2.05) is 151 Å². The monoisotopic (exact) mass is 1120 g/mol. The first-order valence-electron chi connectivity index (χ1n) is 26.6. The van der Waals surface area contributed by atoms with E-state index in [1.54, 1.807) is 50.7 Å². The molecule has 18 heteroatoms. The predicted octanol–water partition coefficient (Wildman–Crippen LogP) is 11.0. The summed E-state index contributed by atoms with van der Waals surface area (Å²) in [5.74, 6) is -5.96. The number of nitrogens with zero attached hydrogens (tertiary/aromatic N) is 4. The lowest BCUT2D eigenvalue weighted by atomic mass is 9.82. The van der Waals surface area contributed by atoms with Gasteiger partial charge in [0.15, 0.2) is 0 Å². The zero-order valence-electron chi connectivity index (χ0n) is 48.7. The topological polar surface area (TPSA) is 232 Å². The minimum absolute atomic E-state index is 0.0170. The molecule has 4 aromatic rings. The Kier molecular flexibility index (Phi) is 27.5. The number of hydrogen-bond donors (Lipinski definition) is 3. The molecule has 0 saturated heterocycles. The van der Waals surface area contributed by atoms with E-state index in [4.69, 9.17) is 21.3 Å². The number of ketones is 1. The summed E-state index contributed by atoms with van der Waals surface area (Å²) in [5.41, 5.74) is 17.7. The van der Waals surface area contributed by atoms with Gasteiger partial charge in [-0.15, -0.1) is 13.2 Å². The first-order chi connectivity index (χ1) is 37.8. The first-order valence-corrected chi connectivity index (χ1v) is 26.6. The van der Waals surface area contributed by atoms with Gasteiger partial charge in [-0.25, -0.2) is 0 Å². The van der Waals surface area contributed by atoms with Crippen LogP contribution < -0.4 is 21.3 Å². The fourth-order valence-electron chi connectivity index (χ4n) is 8.59. The zero-order valence-corrected chi connectivity index (χ0v) is 48.7. The van der Waals surface area contributed by atoms with Crippen LogP contribution in [0.25, 0.3) is 0 Å². The Hall–Kier alpha value is -8.02. The Morgan fingerprint density at radius 3 is 1.23 bits per heavy atom. The van der Waals surface area contributed by atoms with Gasteiger partial charge in [-0.3, -0.25) is 43.5 Å². The lowest BCUT2D eigenvalue weighted by molar-refractivity contribution is -0.168. The number of esters is 1. The largest absolute Gasteiger partial charge is 0.481 e. The van der Waals surface area contributed by atoms with Gasteiger partial charge in [-0.05, 0) is 84.3 Å². The maximum absolute atomic E-state index is 12.3. The van der Waals surface area contributed by atoms with E-state index in [0.29, 0.717) is 26.2 Å². The Morgan fingerprint density at radius 1 is 0.617 bits per heavy atom. The van der Waals surface area contributed by atoms with Gasteiger partial charge >= 0.3 is 18.1 Å². The Morgan fingerprint density at radius 2 is 0.938 bits per heavy atom. The number of aliphatic carboxylic acids is 1. The summed E-state index contributed by atoms with van der Waals surface area (Å²) in [5, 5.41) is 8.98. The van der Waals surface area contributed by atoms with Crippen LogP contribution in [0.4, 0.5) is 24.5 Å². The number of carbonyl (C=O) groups excluding carboxylic acids is 6. The molecular formula is C63H81F3N6O9. The van der Waals surface area contributed by atoms with Crippen LogP contribution in [0.5, 0.6) is 0 Å². The first kappa shape index (κ1) is 69.1. The second-order valence-electron chi connectivity index (χ2n) is 21.3. The molecule has 0 saturated carbocycles. The van der Waals surface area contributed by atoms with Crippen molar-refractivity contribution in [2.24, 2.45) is 57.0 Å². The maximum Gasteiger partial charge on any atom is 0.449 e. The summed E-state index contributed by atoms with van der Waals surface area (Å²) in [6, 6.07) is 35.1. The van der Waals surface area contributed by atoms with E-state index in [0.717, 1.165) is 45.1 Å². The van der Waals surface area contributed by atoms with Crippen molar-refractivity contribution in [2.45, 2.75) is 119 Å². The fourth-order valence-corrected chi connectivity index (χ4v) is 8.59. The molecule has 4 amide bonds. The van der Waals surface area contributed by atoms with Crippen molar-refractivity contribution in [2.75, 3.05) is 23.9 Å². The highest BCUT2D eigenvalue weighted by Gasteiger charge is 2.36. The highest BCUT2D eigenvalue weighted by atomic mass is 19.4. The van der Waals surface area contributed by atoms with Gasteiger partial charge in [-0.2, -0.15) is 13.2 Å². The molecule has 0 fully saturated rings. The molecule has 15 nitrogen and oxygen atoms in total. The third-order valence-electron chi connectivity index (χ3n) is 12.6. The number of carbonyl (C=O) groups is 7. The quantitative estimate of drug-likeness (QED) is 0.0714. The highest BCUT2D eigenvalue weighted by molar-refractivity contribution is 6.21. The van der Waals surface area contributed by atoms with Crippen molar-refractivity contribution in [3.05, 3.63) is 157 Å². The summed E-state index contributed by atoms with van der Waals surface area (Å²) in [6.07, 6.45) is 0.248. The zero-order chi connectivity index (χ0) is 61.5. The number of anilines is 2. The average molecular weight is 1120 g/mol. The smallest absolute Gasteiger partial charge is 0.449 e. The number of carboxylic acids is 1. The number of hydrogen-bond acceptors (Lipinski definition) is 10. The average Bonchev–Trinajstić information content (AvgIpc) is 3.66. The standard InChI is InChI=1S/2C17H16N2O.C15H27NO3.C11H19NO3.C3H3F3O/c2*1-12-17(20)19(2)15-11-7-6-10-14(15)16(18-12)13-8-4-3-5-9-13;1-7-8-11(14(18)19-15(4,5)6)12(13(16)17)9-10(2)3;1-4-5-8(11(14)15)9(10(12)13)6-7(2)3;1-2(7)3(4,5)6/h2*3-12H,1-2H3;7,10-12H,1,8-9H2,2-6H3,(H2,16,17);4,7-9H,1,5-6H2,2-3H3,(H2,12,13)(H,14,15);1H3/t;;11-,12+;8-,9+;/m..00./s1. The van der Waals surface area contributed by atoms with Crippen molar-refractivity contribution < 1.29 is 56.6 Å². The number of rotatable bonds is 16. The molecule has 2 aliphatic heterocycles. The van der Waals surface area contributed by atoms with Crippen LogP contribution in [0.2, 0.25) is 0 Å². The molecule has 0 aliphatic carbocycles. The molecule has 2 aliphatic rings. The van der Waals surface area contributed by atoms with Crippen LogP contribution in [0.15, 0.2) is 144 Å². The van der Waals surface area contributed by atoms with Gasteiger partial charge < -0.3 is 31.1 Å². The van der Waals surface area contributed by atoms with E-state index in [2.05, 4.69) is 23.1 Å². The van der Waals surface area contributed by atoms with Gasteiger partial charge in [0, 0.05) is 43.3 Å². The molecule has 4 aromatic carbocycles. The number of Topliss-reactive ketones (excluding diaryl/α,β-unsaturated/α-hetero) is 1. The van der Waals surface area contributed by atoms with Crippen molar-refractivity contribution in [3.8, 4) is 0 Å². The van der Waals surface area contributed by atoms with Gasteiger partial charge in [0.25, 0.3) is 11.8 Å². The third kappa shape index (κ3) is 21.9. The van der Waals surface area contributed by atoms with E-state index >= 15 is 0 Å². The molecule has 438 valence electrons. The lowest BCUT2D eigenvalue weighted by Gasteiger charge is -2.28. The van der Waals surface area contributed by atoms with Crippen LogP contribution in [0, 0.1) is 35.5 Å². The van der Waals surface area contributed by atoms with E-state index in [1.165, 1.54) is 6.08 Å². The summed E-state index contributed by atoms with van der Waals surface area (Å²) in [4.78, 5) is 92.6. The summed E-state index contributed by atoms with van der Waals surface area (Å²) < 4.78 is 37.9. The number of carboxylic acid groups (broad SMARTS) is 1. The number of fused-ring (bicyclic) bond motifs is 2. The highest BCUT2D eigenvalue weighted by Crippen LogP contribution is 2.30. The Bertz CT molecular complexity index is 2720. The molecule has 5 N–H and O–H groups in total. The van der Waals surface area contributed by atoms with Crippen molar-refractivity contribution in [3.63, 3.8) is 0 Å². The van der Waals surface area contributed by atoms with Gasteiger partial charge in [0.05, 0.1) is 46.5 Å². The van der Waals surface area contributed by atoms with Gasteiger partial charge in [0.2, 0.25) is 17.6 Å². The molecule has 0 radical (unpaired) electrons. The fraction of sp³-hybridized carbons (Fsp3) is 0.413. The molecule has 2 heterocycles. The van der Waals surface area contributed by atoms with E-state index in [9.17, 15) is 46.7 Å². The molecule has 2 unspecified atom stereocenters. The van der Waals surface area contributed by atoms with Crippen LogP contribution >= 0.6 is 0 Å². The number of nitrogens with two attached hydrogens (primary N) is 2. The Labute approximate surface area is 475 Å². The second kappa shape index (κ2) is 32.3. The number of ether oxygens (including phenoxy) is 1. The summed E-state index contributed by atoms with van der Waals surface area (Å²) >= 11 is 0. The van der Waals surface area contributed by atoms with Crippen molar-refractivity contribution in [1.29, 1.82) is 0 Å². The number of aliphatic imine (C=N–C) groups is 2. The molecule has 0 spiro atoms. The maximum atomic E-state index is 12.3. The van der Waals surface area contributed by atoms with Gasteiger partial charge in [0.1, 0.15) is 17.7 Å². The number of benzene rings is 4. The molecule has 6 rings (SSSR count). The normalized spacial score (nSPS) is 16.2. The van der Waals surface area contributed by atoms with E-state index < -0.39 is 59.0 Å². The Balaban J connectivity index is 0.000000357. The summed E-state index contributed by atoms with van der Waals surface area (Å²) in [6.45, 7) is 24.6. The number of allylic oxidation sites excluding steroid dienone is 2. The number of benzodiazepines with no additional fused rings is 2. The molecular weight excluding hydrogens is 1040 g/mol. The summed E-state index contributed by atoms with van der Waals surface area (Å²) in [7, 11) is 3.61. The predicted molar refractivity (Wildman–Crippen MR) is 314 cm³/mol. The number of primary amides is 2. The number of amides is 4. The third-order valence-corrected chi connectivity index (χ3v) is 12.6. The van der Waals surface area contributed by atoms with Crippen LogP contribution in [-0.2, 0) is 38.3 Å².